The van der Waals surface area contributed by atoms with Gasteiger partial charge in [-0.2, -0.15) is 0 Å². The Bertz CT molecular complexity index is 1400. The molecule has 9 heteroatoms. The number of hydrogen-bond donors (Lipinski definition) is 0. The molecule has 3 aromatic carbocycles. The van der Waals surface area contributed by atoms with Crippen molar-refractivity contribution in [2.75, 3.05) is 19.9 Å². The number of carbonyl (C=O) groups excluding carboxylic acids is 1. The third-order valence-electron chi connectivity index (χ3n) is 6.80. The molecule has 1 aliphatic rings. The van der Waals surface area contributed by atoms with Crippen molar-refractivity contribution in [2.45, 2.75) is 52.6 Å². The summed E-state index contributed by atoms with van der Waals surface area (Å²) in [6, 6.07) is 19.0. The molecule has 1 aliphatic heterocycles. The highest BCUT2D eigenvalue weighted by molar-refractivity contribution is 7.54. The molecule has 0 atom stereocenters. The third-order valence-corrected chi connectivity index (χ3v) is 10.4. The van der Waals surface area contributed by atoms with Crippen molar-refractivity contribution in [1.29, 1.82) is 0 Å². The fourth-order valence-corrected chi connectivity index (χ4v) is 7.15. The van der Waals surface area contributed by atoms with Crippen molar-refractivity contribution < 1.29 is 32.6 Å². The molecule has 4 rings (SSSR count). The molecule has 0 saturated carbocycles. The molecule has 41 heavy (non-hydrogen) atoms. The smallest absolute Gasteiger partial charge is 0.434 e. The Morgan fingerprint density at radius 2 is 1.56 bits per heavy atom. The molecular formula is C32H39O7PSi. The number of esters is 1. The average Bonchev–Trinajstić information content (AvgIpc) is 3.30. The highest BCUT2D eigenvalue weighted by atomic mass is 31.2. The summed E-state index contributed by atoms with van der Waals surface area (Å²) >= 11 is 0. The first-order valence-corrected chi connectivity index (χ1v) is 19.2. The molecule has 0 aliphatic carbocycles. The summed E-state index contributed by atoms with van der Waals surface area (Å²) in [6.07, 6.45) is 2.43. The lowest BCUT2D eigenvalue weighted by Crippen LogP contribution is -2.23. The van der Waals surface area contributed by atoms with Crippen LogP contribution in [0.25, 0.3) is 0 Å². The maximum atomic E-state index is 14.1. The molecule has 0 radical (unpaired) electrons. The monoisotopic (exact) mass is 594 g/mol. The Labute approximate surface area is 244 Å². The van der Waals surface area contributed by atoms with Crippen LogP contribution in [0.1, 0.15) is 34.0 Å². The number of cyclic esters (lactones) is 1. The minimum absolute atomic E-state index is 0.0664. The van der Waals surface area contributed by atoms with E-state index in [0.717, 1.165) is 28.3 Å². The lowest BCUT2D eigenvalue weighted by atomic mass is 9.95. The van der Waals surface area contributed by atoms with E-state index in [2.05, 4.69) is 19.6 Å². The van der Waals surface area contributed by atoms with Gasteiger partial charge in [0.25, 0.3) is 0 Å². The van der Waals surface area contributed by atoms with E-state index in [4.69, 9.17) is 23.3 Å². The number of hydrogen-bond acceptors (Lipinski definition) is 7. The van der Waals surface area contributed by atoms with E-state index in [1.807, 2.05) is 56.3 Å². The zero-order valence-corrected chi connectivity index (χ0v) is 26.6. The van der Waals surface area contributed by atoms with E-state index in [1.54, 1.807) is 31.4 Å². The van der Waals surface area contributed by atoms with E-state index < -0.39 is 15.7 Å². The van der Waals surface area contributed by atoms with Crippen molar-refractivity contribution in [3.05, 3.63) is 94.6 Å². The minimum Gasteiger partial charge on any atom is -0.496 e. The van der Waals surface area contributed by atoms with Crippen LogP contribution >= 0.6 is 7.60 Å². The van der Waals surface area contributed by atoms with Gasteiger partial charge in [0, 0.05) is 19.2 Å². The quantitative estimate of drug-likeness (QED) is 0.0853. The van der Waals surface area contributed by atoms with Gasteiger partial charge in [0.15, 0.2) is 0 Å². The molecule has 0 fully saturated rings. The number of benzene rings is 3. The first-order valence-electron chi connectivity index (χ1n) is 13.8. The van der Waals surface area contributed by atoms with Gasteiger partial charge in [0.2, 0.25) is 0 Å². The summed E-state index contributed by atoms with van der Waals surface area (Å²) in [7, 11) is -3.40. The summed E-state index contributed by atoms with van der Waals surface area (Å²) < 4.78 is 43.6. The van der Waals surface area contributed by atoms with Crippen molar-refractivity contribution in [3.8, 4) is 23.0 Å². The highest BCUT2D eigenvalue weighted by Gasteiger charge is 2.34. The Morgan fingerprint density at radius 3 is 2.10 bits per heavy atom. The molecule has 0 N–H and O–H groups in total. The number of methoxy groups -OCH3 is 1. The van der Waals surface area contributed by atoms with Crippen LogP contribution in [0.4, 0.5) is 0 Å². The number of allylic oxidation sites excluding steroid dienone is 2. The molecule has 0 aromatic heterocycles. The fourth-order valence-electron chi connectivity index (χ4n) is 4.64. The van der Waals surface area contributed by atoms with Gasteiger partial charge in [0.1, 0.15) is 35.2 Å². The second-order valence-electron chi connectivity index (χ2n) is 11.4. The molecule has 0 spiro atoms. The van der Waals surface area contributed by atoms with E-state index >= 15 is 0 Å². The number of para-hydroxylation sites is 2. The Kier molecular flexibility index (Phi) is 9.67. The van der Waals surface area contributed by atoms with Gasteiger partial charge >= 0.3 is 13.6 Å². The summed E-state index contributed by atoms with van der Waals surface area (Å²) in [5, 5.41) is 0. The van der Waals surface area contributed by atoms with E-state index in [1.165, 1.54) is 0 Å². The molecule has 0 amide bonds. The van der Waals surface area contributed by atoms with Crippen molar-refractivity contribution >= 4 is 21.6 Å². The van der Waals surface area contributed by atoms with Gasteiger partial charge in [-0.25, -0.2) is 9.36 Å². The van der Waals surface area contributed by atoms with Crippen LogP contribution in [0.15, 0.2) is 72.3 Å². The lowest BCUT2D eigenvalue weighted by Gasteiger charge is -2.22. The molecule has 1 heterocycles. The van der Waals surface area contributed by atoms with Gasteiger partial charge in [0.05, 0.1) is 19.9 Å². The normalized spacial score (nSPS) is 13.4. The Balaban J connectivity index is 1.66. The second kappa shape index (κ2) is 13.0. The fraction of sp³-hybridized carbons (Fsp3) is 0.344. The zero-order chi connectivity index (χ0) is 29.6. The Hall–Kier alpha value is -3.48. The summed E-state index contributed by atoms with van der Waals surface area (Å²) in [5.41, 5.74) is 3.70. The molecule has 0 saturated heterocycles. The van der Waals surface area contributed by atoms with Crippen LogP contribution in [-0.2, 0) is 22.3 Å². The summed E-state index contributed by atoms with van der Waals surface area (Å²) in [6.45, 7) is 11.4. The van der Waals surface area contributed by atoms with Crippen LogP contribution in [-0.4, -0.2) is 33.9 Å². The van der Waals surface area contributed by atoms with E-state index in [9.17, 15) is 9.36 Å². The number of ether oxygens (including phenoxy) is 3. The first kappa shape index (κ1) is 30.5. The van der Waals surface area contributed by atoms with Gasteiger partial charge < -0.3 is 23.3 Å². The summed E-state index contributed by atoms with van der Waals surface area (Å²) in [5.74, 6) is 1.72. The van der Waals surface area contributed by atoms with E-state index in [0.29, 0.717) is 41.6 Å². The second-order valence-corrected chi connectivity index (χ2v) is 18.9. The van der Waals surface area contributed by atoms with Crippen LogP contribution in [0.5, 0.6) is 23.0 Å². The van der Waals surface area contributed by atoms with Crippen LogP contribution in [0.2, 0.25) is 25.7 Å². The van der Waals surface area contributed by atoms with Gasteiger partial charge in [-0.05, 0) is 56.1 Å². The lowest BCUT2D eigenvalue weighted by molar-refractivity contribution is 0.0532. The van der Waals surface area contributed by atoms with Crippen molar-refractivity contribution in [1.82, 2.24) is 0 Å². The van der Waals surface area contributed by atoms with Gasteiger partial charge in [-0.15, -0.1) is 0 Å². The highest BCUT2D eigenvalue weighted by Crippen LogP contribution is 2.50. The molecule has 7 nitrogen and oxygen atoms in total. The third kappa shape index (κ3) is 7.84. The largest absolute Gasteiger partial charge is 0.496 e. The molecule has 0 unspecified atom stereocenters. The van der Waals surface area contributed by atoms with Crippen LogP contribution < -0.4 is 18.5 Å². The Morgan fingerprint density at radius 1 is 0.976 bits per heavy atom. The predicted molar refractivity (Wildman–Crippen MR) is 165 cm³/mol. The topological polar surface area (TPSA) is 80.3 Å². The van der Waals surface area contributed by atoms with Gasteiger partial charge in [-0.3, -0.25) is 0 Å². The minimum atomic E-state index is -3.64. The zero-order valence-electron chi connectivity index (χ0n) is 24.7. The van der Waals surface area contributed by atoms with Crippen LogP contribution in [0.3, 0.4) is 0 Å². The molecule has 218 valence electrons. The number of rotatable bonds is 13. The predicted octanol–water partition coefficient (Wildman–Crippen LogP) is 8.23. The SMILES string of the molecule is COc1c(C)c2c(c(OCC[Si](C)(C)C)c1CC=C(C)CP(=O)(Oc1ccccc1)Oc1ccccc1)C(=O)OC2. The maximum Gasteiger partial charge on any atom is 0.434 e. The number of fused-ring (bicyclic) bond motifs is 1. The van der Waals surface area contributed by atoms with Crippen LogP contribution in [0, 0.1) is 6.92 Å². The number of carbonyl (C=O) groups is 1. The maximum absolute atomic E-state index is 14.1. The molecule has 0 bridgehead atoms. The van der Waals surface area contributed by atoms with E-state index in [-0.39, 0.29) is 18.7 Å². The summed E-state index contributed by atoms with van der Waals surface area (Å²) in [4.78, 5) is 12.8. The molecular weight excluding hydrogens is 555 g/mol. The average molecular weight is 595 g/mol. The van der Waals surface area contributed by atoms with Crippen molar-refractivity contribution in [2.24, 2.45) is 0 Å². The first-order chi connectivity index (χ1) is 19.5. The van der Waals surface area contributed by atoms with Gasteiger partial charge in [-0.1, -0.05) is 67.7 Å². The van der Waals surface area contributed by atoms with Crippen molar-refractivity contribution in [3.63, 3.8) is 0 Å². The molecule has 3 aromatic rings. The standard InChI is InChI=1S/C32H39O7PSi/c1-23(22-40(34,38-25-13-9-7-10-14-25)39-26-15-11-8-12-16-26)17-18-27-30(35-3)24(2)28-21-37-32(33)29(28)31(27)36-19-20-41(4,5)6/h7-17H,18-22H2,1-6H3.